The van der Waals surface area contributed by atoms with Crippen LogP contribution < -0.4 is 16.2 Å². The Morgan fingerprint density at radius 3 is 2.79 bits per heavy atom. The fourth-order valence-electron chi connectivity index (χ4n) is 3.44. The summed E-state index contributed by atoms with van der Waals surface area (Å²) < 4.78 is 3.41. The van der Waals surface area contributed by atoms with Crippen molar-refractivity contribution in [2.75, 3.05) is 18.4 Å². The third-order valence-corrected chi connectivity index (χ3v) is 4.95. The van der Waals surface area contributed by atoms with Gasteiger partial charge in [0, 0.05) is 18.9 Å². The summed E-state index contributed by atoms with van der Waals surface area (Å²) >= 11 is 0. The van der Waals surface area contributed by atoms with E-state index in [2.05, 4.69) is 15.7 Å². The first-order chi connectivity index (χ1) is 13.7. The van der Waals surface area contributed by atoms with E-state index in [1.807, 2.05) is 41.2 Å². The zero-order chi connectivity index (χ0) is 19.3. The van der Waals surface area contributed by atoms with Crippen LogP contribution >= 0.6 is 0 Å². The number of carbonyl (C=O) groups excluding carboxylic acids is 1. The molecule has 1 amide bonds. The number of piperidine rings is 1. The summed E-state index contributed by atoms with van der Waals surface area (Å²) in [5.41, 5.74) is 1.34. The molecule has 7 heteroatoms. The topological polar surface area (TPSA) is 81.0 Å². The quantitative estimate of drug-likeness (QED) is 0.715. The summed E-state index contributed by atoms with van der Waals surface area (Å²) in [6.45, 7) is 2.33. The molecule has 0 bridgehead atoms. The first kappa shape index (κ1) is 18.2. The normalized spacial score (nSPS) is 16.6. The summed E-state index contributed by atoms with van der Waals surface area (Å²) in [7, 11) is 0. The van der Waals surface area contributed by atoms with Crippen molar-refractivity contribution in [3.63, 3.8) is 0 Å². The third-order valence-electron chi connectivity index (χ3n) is 4.95. The Morgan fingerprint density at radius 1 is 1.14 bits per heavy atom. The molecule has 3 heterocycles. The second-order valence-corrected chi connectivity index (χ2v) is 6.98. The summed E-state index contributed by atoms with van der Waals surface area (Å²) in [5.74, 6) is -0.378. The van der Waals surface area contributed by atoms with Crippen molar-refractivity contribution >= 4 is 11.6 Å². The molecule has 0 saturated carbocycles. The number of pyridine rings is 1. The zero-order valence-electron chi connectivity index (χ0n) is 15.5. The highest BCUT2D eigenvalue weighted by atomic mass is 16.2. The molecule has 1 aliphatic heterocycles. The van der Waals surface area contributed by atoms with Crippen LogP contribution in [0.5, 0.6) is 0 Å². The largest absolute Gasteiger partial charge is 0.316 e. The molecule has 7 nitrogen and oxygen atoms in total. The summed E-state index contributed by atoms with van der Waals surface area (Å²) in [4.78, 5) is 25.3. The molecule has 144 valence electrons. The summed E-state index contributed by atoms with van der Waals surface area (Å²) in [6, 6.07) is 15.1. The highest BCUT2D eigenvalue weighted by molar-refractivity contribution is 6.02. The summed E-state index contributed by atoms with van der Waals surface area (Å²) in [5, 5.41) is 10.5. The van der Waals surface area contributed by atoms with Crippen LogP contribution in [0, 0.1) is 0 Å². The lowest BCUT2D eigenvalue weighted by molar-refractivity contribution is 0.102. The van der Waals surface area contributed by atoms with Crippen LogP contribution in [-0.2, 0) is 6.54 Å². The van der Waals surface area contributed by atoms with E-state index in [0.29, 0.717) is 12.2 Å². The van der Waals surface area contributed by atoms with Gasteiger partial charge in [0.15, 0.2) is 5.69 Å². The van der Waals surface area contributed by atoms with Gasteiger partial charge in [0.25, 0.3) is 11.5 Å². The lowest BCUT2D eigenvalue weighted by atomic mass is 10.1. The molecule has 2 aromatic heterocycles. The van der Waals surface area contributed by atoms with E-state index in [-0.39, 0.29) is 23.2 Å². The van der Waals surface area contributed by atoms with Crippen LogP contribution in [0.25, 0.3) is 0 Å². The molecule has 0 spiro atoms. The van der Waals surface area contributed by atoms with E-state index in [9.17, 15) is 9.59 Å². The standard InChI is InChI=1S/C21H23N5O2/c27-20(18-10-13-26(24-18)17-8-4-11-22-14-17)23-19-9-5-12-25(21(19)28)15-16-6-2-1-3-7-16/h1-3,5-7,9-10,12-13,17,22H,4,8,11,14-15H2,(H,23,27). The molecule has 1 saturated heterocycles. The monoisotopic (exact) mass is 377 g/mol. The summed E-state index contributed by atoms with van der Waals surface area (Å²) in [6.07, 6.45) is 5.68. The van der Waals surface area contributed by atoms with E-state index in [4.69, 9.17) is 0 Å². The van der Waals surface area contributed by atoms with Gasteiger partial charge in [-0.15, -0.1) is 0 Å². The fourth-order valence-corrected chi connectivity index (χ4v) is 3.44. The van der Waals surface area contributed by atoms with E-state index in [1.165, 1.54) is 0 Å². The smallest absolute Gasteiger partial charge is 0.276 e. The Bertz CT molecular complexity index is 1000. The Hall–Kier alpha value is -3.19. The molecule has 4 rings (SSSR count). The number of amides is 1. The van der Waals surface area contributed by atoms with Crippen LogP contribution in [-0.4, -0.2) is 33.3 Å². The molecule has 1 fully saturated rings. The number of hydrogen-bond acceptors (Lipinski definition) is 4. The van der Waals surface area contributed by atoms with Gasteiger partial charge in [-0.25, -0.2) is 0 Å². The number of aromatic nitrogens is 3. The Kier molecular flexibility index (Phi) is 5.34. The number of hydrogen-bond donors (Lipinski definition) is 2. The van der Waals surface area contributed by atoms with Gasteiger partial charge in [0.1, 0.15) is 5.69 Å². The predicted octanol–water partition coefficient (Wildman–Crippen LogP) is 2.27. The number of anilines is 1. The Balaban J connectivity index is 1.48. The molecule has 0 radical (unpaired) electrons. The van der Waals surface area contributed by atoms with Crippen LogP contribution in [0.1, 0.15) is 34.9 Å². The average Bonchev–Trinajstić information content (AvgIpc) is 3.23. The van der Waals surface area contributed by atoms with Gasteiger partial charge < -0.3 is 15.2 Å². The van der Waals surface area contributed by atoms with E-state index >= 15 is 0 Å². The molecule has 0 aliphatic carbocycles. The number of nitrogens with zero attached hydrogens (tertiary/aromatic N) is 3. The van der Waals surface area contributed by atoms with Crippen molar-refractivity contribution in [2.24, 2.45) is 0 Å². The maximum atomic E-state index is 12.7. The lowest BCUT2D eigenvalue weighted by Crippen LogP contribution is -2.32. The second kappa shape index (κ2) is 8.22. The van der Waals surface area contributed by atoms with Crippen molar-refractivity contribution in [3.05, 3.63) is 82.5 Å². The van der Waals surface area contributed by atoms with Crippen molar-refractivity contribution in [3.8, 4) is 0 Å². The van der Waals surface area contributed by atoms with Gasteiger partial charge in [-0.05, 0) is 43.1 Å². The Labute approximate surface area is 163 Å². The highest BCUT2D eigenvalue weighted by Crippen LogP contribution is 2.16. The van der Waals surface area contributed by atoms with Crippen molar-refractivity contribution in [2.45, 2.75) is 25.4 Å². The first-order valence-electron chi connectivity index (χ1n) is 9.51. The maximum absolute atomic E-state index is 12.7. The van der Waals surface area contributed by atoms with Gasteiger partial charge in [-0.3, -0.25) is 14.3 Å². The number of carbonyl (C=O) groups is 1. The molecule has 1 unspecified atom stereocenters. The van der Waals surface area contributed by atoms with Crippen LogP contribution in [0.3, 0.4) is 0 Å². The SMILES string of the molecule is O=C(Nc1cccn(Cc2ccccc2)c1=O)c1ccn(C2CCCNC2)n1. The van der Waals surface area contributed by atoms with E-state index in [0.717, 1.165) is 31.5 Å². The number of nitrogens with one attached hydrogen (secondary N) is 2. The van der Waals surface area contributed by atoms with Crippen molar-refractivity contribution < 1.29 is 4.79 Å². The minimum absolute atomic E-state index is 0.240. The molecule has 28 heavy (non-hydrogen) atoms. The Morgan fingerprint density at radius 2 is 2.00 bits per heavy atom. The van der Waals surface area contributed by atoms with Gasteiger partial charge in [-0.2, -0.15) is 5.10 Å². The number of benzene rings is 1. The van der Waals surface area contributed by atoms with E-state index in [1.54, 1.807) is 29.0 Å². The van der Waals surface area contributed by atoms with Gasteiger partial charge in [0.05, 0.1) is 12.6 Å². The molecular weight excluding hydrogens is 354 g/mol. The van der Waals surface area contributed by atoms with Crippen molar-refractivity contribution in [1.29, 1.82) is 0 Å². The molecule has 1 atom stereocenters. The van der Waals surface area contributed by atoms with Gasteiger partial charge in [-0.1, -0.05) is 30.3 Å². The lowest BCUT2D eigenvalue weighted by Gasteiger charge is -2.22. The maximum Gasteiger partial charge on any atom is 0.276 e. The molecule has 3 aromatic rings. The molecular formula is C21H23N5O2. The first-order valence-corrected chi connectivity index (χ1v) is 9.51. The minimum Gasteiger partial charge on any atom is -0.316 e. The van der Waals surface area contributed by atoms with Crippen LogP contribution in [0.4, 0.5) is 5.69 Å². The second-order valence-electron chi connectivity index (χ2n) is 6.98. The molecule has 2 N–H and O–H groups in total. The number of rotatable bonds is 5. The minimum atomic E-state index is -0.378. The van der Waals surface area contributed by atoms with Crippen molar-refractivity contribution in [1.82, 2.24) is 19.7 Å². The fraction of sp³-hybridized carbons (Fsp3) is 0.286. The van der Waals surface area contributed by atoms with Gasteiger partial charge >= 0.3 is 0 Å². The predicted molar refractivity (Wildman–Crippen MR) is 108 cm³/mol. The third kappa shape index (κ3) is 4.04. The van der Waals surface area contributed by atoms with Crippen LogP contribution in [0.2, 0.25) is 0 Å². The molecule has 1 aliphatic rings. The average molecular weight is 377 g/mol. The highest BCUT2D eigenvalue weighted by Gasteiger charge is 2.18. The molecule has 1 aromatic carbocycles. The zero-order valence-corrected chi connectivity index (χ0v) is 15.5. The van der Waals surface area contributed by atoms with E-state index < -0.39 is 0 Å². The van der Waals surface area contributed by atoms with Gasteiger partial charge in [0.2, 0.25) is 0 Å². The van der Waals surface area contributed by atoms with Crippen LogP contribution in [0.15, 0.2) is 65.7 Å².